The van der Waals surface area contributed by atoms with Gasteiger partial charge in [0.25, 0.3) is 0 Å². The first-order chi connectivity index (χ1) is 14.9. The number of hydrogen-bond donors (Lipinski definition) is 1. The van der Waals surface area contributed by atoms with Crippen LogP contribution in [0.5, 0.6) is 0 Å². The number of fused-ring (bicyclic) bond motifs is 1. The van der Waals surface area contributed by atoms with Gasteiger partial charge in [-0.15, -0.1) is 0 Å². The predicted molar refractivity (Wildman–Crippen MR) is 132 cm³/mol. The number of hydrogen-bond acceptors (Lipinski definition) is 6. The Morgan fingerprint density at radius 3 is 2.77 bits per heavy atom. The zero-order chi connectivity index (χ0) is 21.7. The van der Waals surface area contributed by atoms with Crippen LogP contribution in [-0.2, 0) is 7.05 Å². The van der Waals surface area contributed by atoms with Crippen LogP contribution in [0.4, 0.5) is 0 Å². The fraction of sp³-hybridized carbons (Fsp3) is 0.545. The Kier molecular flexibility index (Phi) is 5.49. The molecule has 1 amide bonds. The summed E-state index contributed by atoms with van der Waals surface area (Å²) in [5.41, 5.74) is 9.89. The SMILES string of the molecule is CC1=CI2N=C([C@@H]3CCCCN3C(=O)c3cc(C)n(C)n3)C=C2N=C1N1CC[C@H](N)C1. The molecule has 1 aromatic rings. The van der Waals surface area contributed by atoms with Gasteiger partial charge in [-0.25, -0.2) is 0 Å². The monoisotopic (exact) mass is 535 g/mol. The van der Waals surface area contributed by atoms with Crippen LogP contribution >= 0.6 is 20.1 Å². The number of rotatable bonds is 2. The van der Waals surface area contributed by atoms with Crippen LogP contribution in [0.2, 0.25) is 0 Å². The topological polar surface area (TPSA) is 92.1 Å². The van der Waals surface area contributed by atoms with E-state index in [0.29, 0.717) is 5.69 Å². The van der Waals surface area contributed by atoms with Gasteiger partial charge < -0.3 is 0 Å². The number of halogens is 1. The van der Waals surface area contributed by atoms with Gasteiger partial charge in [0.15, 0.2) is 0 Å². The number of aryl methyl sites for hydroxylation is 2. The number of amidine groups is 1. The summed E-state index contributed by atoms with van der Waals surface area (Å²) in [6.07, 6.45) is 6.27. The van der Waals surface area contributed by atoms with Crippen molar-refractivity contribution in [3.05, 3.63) is 36.9 Å². The molecule has 31 heavy (non-hydrogen) atoms. The number of nitrogens with zero attached hydrogens (tertiary/aromatic N) is 6. The summed E-state index contributed by atoms with van der Waals surface area (Å²) in [5.74, 6) is 1.07. The van der Waals surface area contributed by atoms with Crippen molar-refractivity contribution in [2.24, 2.45) is 21.0 Å². The number of piperidine rings is 1. The minimum atomic E-state index is -1.83. The van der Waals surface area contributed by atoms with Crippen molar-refractivity contribution < 1.29 is 4.79 Å². The second-order valence-corrected chi connectivity index (χ2v) is 12.7. The number of aromatic nitrogens is 2. The molecule has 5 rings (SSSR count). The van der Waals surface area contributed by atoms with Crippen molar-refractivity contribution in [3.63, 3.8) is 0 Å². The van der Waals surface area contributed by atoms with E-state index in [0.717, 1.165) is 66.3 Å². The zero-order valence-corrected chi connectivity index (χ0v) is 20.5. The zero-order valence-electron chi connectivity index (χ0n) is 18.4. The molecule has 0 aromatic carbocycles. The van der Waals surface area contributed by atoms with E-state index >= 15 is 0 Å². The van der Waals surface area contributed by atoms with E-state index < -0.39 is 20.1 Å². The maximum atomic E-state index is 13.3. The Morgan fingerprint density at radius 2 is 2.06 bits per heavy atom. The Labute approximate surface area is 190 Å². The molecule has 4 aliphatic rings. The van der Waals surface area contributed by atoms with Gasteiger partial charge in [-0.2, -0.15) is 0 Å². The molecule has 0 unspecified atom stereocenters. The van der Waals surface area contributed by atoms with Gasteiger partial charge >= 0.3 is 191 Å². The average Bonchev–Trinajstić information content (AvgIpc) is 3.45. The van der Waals surface area contributed by atoms with Gasteiger partial charge in [0.1, 0.15) is 0 Å². The minimum absolute atomic E-state index is 0.00939. The standard InChI is InChI=1S/C22H30IN7O/c1-14-12-23-20(25-21(14)29-9-7-16(24)13-29)11-17(26-23)19-6-4-5-8-30(19)22(31)18-10-15(2)28(3)27-18/h10-12,16,19H,4-9,13,24H2,1-3H3/t16-,19-/m0/s1. The Morgan fingerprint density at radius 1 is 1.23 bits per heavy atom. The summed E-state index contributed by atoms with van der Waals surface area (Å²) in [6, 6.07) is 2.13. The molecule has 0 saturated carbocycles. The molecule has 2 saturated heterocycles. The molecule has 0 aliphatic carbocycles. The van der Waals surface area contributed by atoms with Crippen LogP contribution in [0.15, 0.2) is 33.7 Å². The number of aliphatic imine (C=N–C) groups is 1. The van der Waals surface area contributed by atoms with Gasteiger partial charge in [0, 0.05) is 0 Å². The molecular formula is C22H30IN7O. The number of carbonyl (C=O) groups excluding carboxylic acids is 1. The molecule has 5 heterocycles. The van der Waals surface area contributed by atoms with Crippen molar-refractivity contribution in [1.29, 1.82) is 0 Å². The molecule has 2 atom stereocenters. The van der Waals surface area contributed by atoms with Crippen LogP contribution in [0.3, 0.4) is 0 Å². The summed E-state index contributed by atoms with van der Waals surface area (Å²) in [4.78, 5) is 22.6. The predicted octanol–water partition coefficient (Wildman–Crippen LogP) is 2.79. The maximum absolute atomic E-state index is 13.3. The first-order valence-electron chi connectivity index (χ1n) is 11.0. The fourth-order valence-corrected chi connectivity index (χ4v) is 8.69. The molecule has 4 aliphatic heterocycles. The number of amides is 1. The van der Waals surface area contributed by atoms with E-state index in [2.05, 4.69) is 27.1 Å². The first kappa shape index (κ1) is 20.9. The van der Waals surface area contributed by atoms with E-state index in [1.54, 1.807) is 4.68 Å². The molecule has 166 valence electrons. The van der Waals surface area contributed by atoms with Crippen LogP contribution in [0, 0.1) is 6.92 Å². The van der Waals surface area contributed by atoms with E-state index in [-0.39, 0.29) is 18.0 Å². The molecule has 0 bridgehead atoms. The van der Waals surface area contributed by atoms with Crippen molar-refractivity contribution >= 4 is 37.5 Å². The molecule has 1 aromatic heterocycles. The summed E-state index contributed by atoms with van der Waals surface area (Å²) < 4.78 is 10.4. The average molecular weight is 535 g/mol. The summed E-state index contributed by atoms with van der Waals surface area (Å²) in [5, 5.41) is 4.42. The van der Waals surface area contributed by atoms with E-state index in [4.69, 9.17) is 13.9 Å². The van der Waals surface area contributed by atoms with Gasteiger partial charge in [-0.1, -0.05) is 0 Å². The molecular weight excluding hydrogens is 505 g/mol. The van der Waals surface area contributed by atoms with E-state index in [1.807, 2.05) is 24.9 Å². The van der Waals surface area contributed by atoms with Crippen LogP contribution in [0.25, 0.3) is 0 Å². The van der Waals surface area contributed by atoms with E-state index in [9.17, 15) is 4.79 Å². The number of likely N-dealkylation sites (tertiary alicyclic amines) is 2. The van der Waals surface area contributed by atoms with Gasteiger partial charge in [0.2, 0.25) is 0 Å². The number of nitrogens with two attached hydrogens (primary N) is 1. The molecule has 9 heteroatoms. The van der Waals surface area contributed by atoms with Crippen LogP contribution in [-0.4, -0.2) is 68.8 Å². The Bertz CT molecular complexity index is 1020. The second kappa shape index (κ2) is 8.16. The molecule has 2 N–H and O–H groups in total. The number of carbonyl (C=O) groups is 1. The van der Waals surface area contributed by atoms with Gasteiger partial charge in [-0.3, -0.25) is 0 Å². The first-order valence-corrected chi connectivity index (χ1v) is 14.3. The van der Waals surface area contributed by atoms with Crippen LogP contribution in [0.1, 0.15) is 48.8 Å². The van der Waals surface area contributed by atoms with Crippen LogP contribution < -0.4 is 5.73 Å². The summed E-state index contributed by atoms with van der Waals surface area (Å²) >= 11 is -1.83. The summed E-state index contributed by atoms with van der Waals surface area (Å²) in [7, 11) is 1.87. The normalized spacial score (nSPS) is 27.0. The van der Waals surface area contributed by atoms with Crippen molar-refractivity contribution in [2.75, 3.05) is 19.6 Å². The fourth-order valence-electron chi connectivity index (χ4n) is 4.65. The quantitative estimate of drug-likeness (QED) is 0.466. The summed E-state index contributed by atoms with van der Waals surface area (Å²) in [6.45, 7) is 6.70. The second-order valence-electron chi connectivity index (χ2n) is 8.79. The third kappa shape index (κ3) is 3.86. The van der Waals surface area contributed by atoms with Crippen molar-refractivity contribution in [3.8, 4) is 0 Å². The molecule has 2 fully saturated rings. The van der Waals surface area contributed by atoms with Gasteiger partial charge in [0.05, 0.1) is 0 Å². The van der Waals surface area contributed by atoms with E-state index in [1.165, 1.54) is 5.57 Å². The third-order valence-electron chi connectivity index (χ3n) is 6.45. The third-order valence-corrected chi connectivity index (χ3v) is 10.7. The molecule has 0 radical (unpaired) electrons. The Balaban J connectivity index is 1.40. The Hall–Kier alpha value is -2.01. The van der Waals surface area contributed by atoms with Crippen molar-refractivity contribution in [2.45, 2.75) is 51.6 Å². The van der Waals surface area contributed by atoms with Gasteiger partial charge in [-0.05, 0) is 0 Å². The van der Waals surface area contributed by atoms with Crippen molar-refractivity contribution in [1.82, 2.24) is 19.6 Å². The molecule has 8 nitrogen and oxygen atoms in total. The molecule has 0 spiro atoms.